The average Bonchev–Trinajstić information content (AvgIpc) is 2.83. The van der Waals surface area contributed by atoms with Gasteiger partial charge in [0, 0.05) is 27.2 Å². The maximum atomic E-state index is 11.8. The van der Waals surface area contributed by atoms with Crippen molar-refractivity contribution in [2.24, 2.45) is 0 Å². The van der Waals surface area contributed by atoms with Crippen LogP contribution in [0.15, 0.2) is 18.3 Å². The molecule has 1 aromatic heterocycles. The molecule has 0 atom stereocenters. The summed E-state index contributed by atoms with van der Waals surface area (Å²) in [6.45, 7) is 1.71. The number of urea groups is 1. The Morgan fingerprint density at radius 2 is 2.06 bits per heavy atom. The molecule has 0 unspecified atom stereocenters. The van der Waals surface area contributed by atoms with E-state index in [4.69, 9.17) is 0 Å². The van der Waals surface area contributed by atoms with E-state index in [0.717, 1.165) is 37.4 Å². The average molecular weight is 234 g/mol. The highest BCUT2D eigenvalue weighted by molar-refractivity contribution is 5.89. The standard InChI is InChI=1S/C12H18N4O/c1-15(2)11-6-5-10(9-13-11)14-12(17)16-7-3-4-8-16/h5-6,9H,3-4,7-8H2,1-2H3,(H,14,17). The number of aromatic nitrogens is 1. The van der Waals surface area contributed by atoms with E-state index in [0.29, 0.717) is 0 Å². The van der Waals surface area contributed by atoms with E-state index in [2.05, 4.69) is 10.3 Å². The number of hydrogen-bond donors (Lipinski definition) is 1. The van der Waals surface area contributed by atoms with Crippen molar-refractivity contribution in [3.8, 4) is 0 Å². The monoisotopic (exact) mass is 234 g/mol. The van der Waals surface area contributed by atoms with Gasteiger partial charge in [-0.15, -0.1) is 0 Å². The van der Waals surface area contributed by atoms with Crippen molar-refractivity contribution in [3.05, 3.63) is 18.3 Å². The number of carbonyl (C=O) groups excluding carboxylic acids is 1. The number of amides is 2. The molecule has 0 radical (unpaired) electrons. The zero-order valence-electron chi connectivity index (χ0n) is 10.3. The van der Waals surface area contributed by atoms with Gasteiger partial charge >= 0.3 is 6.03 Å². The lowest BCUT2D eigenvalue weighted by Crippen LogP contribution is -2.32. The van der Waals surface area contributed by atoms with Gasteiger partial charge in [0.05, 0.1) is 11.9 Å². The summed E-state index contributed by atoms with van der Waals surface area (Å²) in [7, 11) is 3.87. The van der Waals surface area contributed by atoms with Gasteiger partial charge in [-0.25, -0.2) is 9.78 Å². The molecule has 1 aromatic rings. The number of likely N-dealkylation sites (tertiary alicyclic amines) is 1. The zero-order valence-corrected chi connectivity index (χ0v) is 10.3. The predicted octanol–water partition coefficient (Wildman–Crippen LogP) is 1.78. The Morgan fingerprint density at radius 3 is 2.59 bits per heavy atom. The molecule has 17 heavy (non-hydrogen) atoms. The Labute approximate surface area is 101 Å². The van der Waals surface area contributed by atoms with Crippen molar-refractivity contribution in [1.29, 1.82) is 0 Å². The van der Waals surface area contributed by atoms with Crippen LogP contribution in [0.25, 0.3) is 0 Å². The summed E-state index contributed by atoms with van der Waals surface area (Å²) >= 11 is 0. The number of carbonyl (C=O) groups is 1. The molecule has 2 rings (SSSR count). The van der Waals surface area contributed by atoms with Crippen LogP contribution in [0.1, 0.15) is 12.8 Å². The van der Waals surface area contributed by atoms with Gasteiger partial charge in [0.2, 0.25) is 0 Å². The molecule has 2 amide bonds. The van der Waals surface area contributed by atoms with Crippen molar-refractivity contribution in [3.63, 3.8) is 0 Å². The number of nitrogens with one attached hydrogen (secondary N) is 1. The Hall–Kier alpha value is -1.78. The number of pyridine rings is 1. The van der Waals surface area contributed by atoms with Crippen LogP contribution in [0.2, 0.25) is 0 Å². The molecule has 0 bridgehead atoms. The van der Waals surface area contributed by atoms with Gasteiger partial charge < -0.3 is 15.1 Å². The van der Waals surface area contributed by atoms with E-state index in [1.54, 1.807) is 6.20 Å². The fourth-order valence-electron chi connectivity index (χ4n) is 1.85. The minimum Gasteiger partial charge on any atom is -0.363 e. The molecule has 5 heteroatoms. The molecule has 2 heterocycles. The van der Waals surface area contributed by atoms with Crippen LogP contribution >= 0.6 is 0 Å². The summed E-state index contributed by atoms with van der Waals surface area (Å²) in [6.07, 6.45) is 3.89. The van der Waals surface area contributed by atoms with Gasteiger partial charge in [-0.05, 0) is 25.0 Å². The molecule has 0 saturated carbocycles. The van der Waals surface area contributed by atoms with Crippen molar-refractivity contribution in [2.75, 3.05) is 37.4 Å². The van der Waals surface area contributed by atoms with Crippen LogP contribution in [0, 0.1) is 0 Å². The smallest absolute Gasteiger partial charge is 0.321 e. The first-order chi connectivity index (χ1) is 8.16. The molecule has 92 valence electrons. The Balaban J connectivity index is 1.96. The van der Waals surface area contributed by atoms with Gasteiger partial charge in [-0.2, -0.15) is 0 Å². The molecular weight excluding hydrogens is 216 g/mol. The first kappa shape index (κ1) is 11.7. The lowest BCUT2D eigenvalue weighted by atomic mass is 10.4. The quantitative estimate of drug-likeness (QED) is 0.848. The molecule has 1 saturated heterocycles. The summed E-state index contributed by atoms with van der Waals surface area (Å²) in [4.78, 5) is 19.8. The molecule has 0 aromatic carbocycles. The van der Waals surface area contributed by atoms with Gasteiger partial charge in [-0.3, -0.25) is 0 Å². The van der Waals surface area contributed by atoms with Gasteiger partial charge in [0.15, 0.2) is 0 Å². The molecule has 0 aliphatic carbocycles. The van der Waals surface area contributed by atoms with E-state index in [1.165, 1.54) is 0 Å². The fraction of sp³-hybridized carbons (Fsp3) is 0.500. The molecule has 1 N–H and O–H groups in total. The summed E-state index contributed by atoms with van der Waals surface area (Å²) in [5.74, 6) is 0.879. The summed E-state index contributed by atoms with van der Waals surface area (Å²) in [5.41, 5.74) is 0.743. The van der Waals surface area contributed by atoms with Crippen LogP contribution in [-0.4, -0.2) is 43.1 Å². The summed E-state index contributed by atoms with van der Waals surface area (Å²) < 4.78 is 0. The molecule has 1 aliphatic rings. The number of nitrogens with zero attached hydrogens (tertiary/aromatic N) is 3. The topological polar surface area (TPSA) is 48.5 Å². The molecule has 5 nitrogen and oxygen atoms in total. The Kier molecular flexibility index (Phi) is 3.46. The van der Waals surface area contributed by atoms with E-state index in [-0.39, 0.29) is 6.03 Å². The number of rotatable bonds is 2. The zero-order chi connectivity index (χ0) is 12.3. The first-order valence-electron chi connectivity index (χ1n) is 5.86. The van der Waals surface area contributed by atoms with E-state index in [1.807, 2.05) is 36.0 Å². The van der Waals surface area contributed by atoms with Crippen LogP contribution in [0.5, 0.6) is 0 Å². The second-order valence-corrected chi connectivity index (χ2v) is 4.42. The van der Waals surface area contributed by atoms with Crippen LogP contribution < -0.4 is 10.2 Å². The predicted molar refractivity (Wildman–Crippen MR) is 68.4 cm³/mol. The third-order valence-electron chi connectivity index (χ3n) is 2.85. The highest BCUT2D eigenvalue weighted by Gasteiger charge is 2.17. The minimum absolute atomic E-state index is 0.0260. The second kappa shape index (κ2) is 5.03. The number of anilines is 2. The Bertz CT molecular complexity index is 382. The SMILES string of the molecule is CN(C)c1ccc(NC(=O)N2CCCC2)cn1. The Morgan fingerprint density at radius 1 is 1.35 bits per heavy atom. The fourth-order valence-corrected chi connectivity index (χ4v) is 1.85. The normalized spacial score (nSPS) is 14.8. The van der Waals surface area contributed by atoms with Gasteiger partial charge in [0.1, 0.15) is 5.82 Å². The lowest BCUT2D eigenvalue weighted by molar-refractivity contribution is 0.222. The molecule has 0 spiro atoms. The van der Waals surface area contributed by atoms with Gasteiger partial charge in [-0.1, -0.05) is 0 Å². The maximum Gasteiger partial charge on any atom is 0.321 e. The largest absolute Gasteiger partial charge is 0.363 e. The van der Waals surface area contributed by atoms with Crippen LogP contribution in [0.4, 0.5) is 16.3 Å². The van der Waals surface area contributed by atoms with Crippen molar-refractivity contribution < 1.29 is 4.79 Å². The van der Waals surface area contributed by atoms with E-state index >= 15 is 0 Å². The van der Waals surface area contributed by atoms with Crippen molar-refractivity contribution in [2.45, 2.75) is 12.8 Å². The third kappa shape index (κ3) is 2.87. The number of hydrogen-bond acceptors (Lipinski definition) is 3. The summed E-state index contributed by atoms with van der Waals surface area (Å²) in [6, 6.07) is 3.73. The molecule has 1 fully saturated rings. The van der Waals surface area contributed by atoms with E-state index in [9.17, 15) is 4.79 Å². The minimum atomic E-state index is -0.0260. The van der Waals surface area contributed by atoms with Crippen LogP contribution in [0.3, 0.4) is 0 Å². The molecule has 1 aliphatic heterocycles. The van der Waals surface area contributed by atoms with E-state index < -0.39 is 0 Å². The lowest BCUT2D eigenvalue weighted by Gasteiger charge is -2.16. The van der Waals surface area contributed by atoms with Crippen LogP contribution in [-0.2, 0) is 0 Å². The van der Waals surface area contributed by atoms with Crippen molar-refractivity contribution >= 4 is 17.5 Å². The first-order valence-corrected chi connectivity index (χ1v) is 5.86. The molecular formula is C12H18N4O. The highest BCUT2D eigenvalue weighted by Crippen LogP contribution is 2.14. The highest BCUT2D eigenvalue weighted by atomic mass is 16.2. The third-order valence-corrected chi connectivity index (χ3v) is 2.85. The van der Waals surface area contributed by atoms with Gasteiger partial charge in [0.25, 0.3) is 0 Å². The second-order valence-electron chi connectivity index (χ2n) is 4.42. The maximum absolute atomic E-state index is 11.8. The summed E-state index contributed by atoms with van der Waals surface area (Å²) in [5, 5.41) is 2.86. The van der Waals surface area contributed by atoms with Crippen molar-refractivity contribution in [1.82, 2.24) is 9.88 Å².